The van der Waals surface area contributed by atoms with Crippen molar-refractivity contribution >= 4 is 15.9 Å². The summed E-state index contributed by atoms with van der Waals surface area (Å²) in [6, 6.07) is 4.23. The Bertz CT molecular complexity index is 404. The van der Waals surface area contributed by atoms with Crippen LogP contribution in [0.2, 0.25) is 0 Å². The zero-order chi connectivity index (χ0) is 11.0. The van der Waals surface area contributed by atoms with E-state index in [1.165, 1.54) is 5.56 Å². The summed E-state index contributed by atoms with van der Waals surface area (Å²) < 4.78 is 12.5. The molecular formula is C12H14BrNO2. The van der Waals surface area contributed by atoms with Crippen LogP contribution < -0.4 is 10.1 Å². The second kappa shape index (κ2) is 4.35. The number of hydrogen-bond acceptors (Lipinski definition) is 3. The summed E-state index contributed by atoms with van der Waals surface area (Å²) in [5, 5.41) is 3.20. The van der Waals surface area contributed by atoms with Crippen LogP contribution in [0.15, 0.2) is 16.6 Å². The van der Waals surface area contributed by atoms with Crippen LogP contribution >= 0.6 is 15.9 Å². The van der Waals surface area contributed by atoms with Crippen molar-refractivity contribution in [1.82, 2.24) is 5.32 Å². The smallest absolute Gasteiger partial charge is 0.128 e. The van der Waals surface area contributed by atoms with Crippen LogP contribution in [-0.4, -0.2) is 25.8 Å². The van der Waals surface area contributed by atoms with Gasteiger partial charge >= 0.3 is 0 Å². The zero-order valence-corrected chi connectivity index (χ0v) is 10.5. The standard InChI is InChI=1S/C12H14BrNO2/c13-10-3-8-1-2-15-12(8)9(4-10)7-16-11-5-14-6-11/h3-4,11,14H,1-2,5-7H2. The number of rotatable bonds is 3. The van der Waals surface area contributed by atoms with Crippen molar-refractivity contribution in [2.24, 2.45) is 0 Å². The molecule has 0 amide bonds. The van der Waals surface area contributed by atoms with E-state index in [-0.39, 0.29) is 0 Å². The first-order valence-electron chi connectivity index (χ1n) is 5.59. The van der Waals surface area contributed by atoms with E-state index in [1.54, 1.807) is 0 Å². The van der Waals surface area contributed by atoms with Crippen molar-refractivity contribution in [3.63, 3.8) is 0 Å². The Morgan fingerprint density at radius 3 is 3.06 bits per heavy atom. The minimum Gasteiger partial charge on any atom is -0.493 e. The molecule has 3 nitrogen and oxygen atoms in total. The van der Waals surface area contributed by atoms with Gasteiger partial charge < -0.3 is 14.8 Å². The van der Waals surface area contributed by atoms with Crippen molar-refractivity contribution in [2.75, 3.05) is 19.7 Å². The van der Waals surface area contributed by atoms with Crippen LogP contribution in [0.25, 0.3) is 0 Å². The second-order valence-corrected chi connectivity index (χ2v) is 5.16. The van der Waals surface area contributed by atoms with Crippen LogP contribution in [0.3, 0.4) is 0 Å². The largest absolute Gasteiger partial charge is 0.493 e. The van der Waals surface area contributed by atoms with Gasteiger partial charge in [0.05, 0.1) is 19.3 Å². The molecule has 1 N–H and O–H groups in total. The molecule has 86 valence electrons. The fraction of sp³-hybridized carbons (Fsp3) is 0.500. The molecule has 2 heterocycles. The normalized spacial score (nSPS) is 19.1. The predicted molar refractivity (Wildman–Crippen MR) is 64.8 cm³/mol. The Kier molecular flexibility index (Phi) is 2.88. The van der Waals surface area contributed by atoms with E-state index < -0.39 is 0 Å². The fourth-order valence-electron chi connectivity index (χ4n) is 2.04. The fourth-order valence-corrected chi connectivity index (χ4v) is 2.59. The van der Waals surface area contributed by atoms with Gasteiger partial charge in [-0.1, -0.05) is 15.9 Å². The van der Waals surface area contributed by atoms with E-state index in [9.17, 15) is 0 Å². The summed E-state index contributed by atoms with van der Waals surface area (Å²) in [7, 11) is 0. The van der Waals surface area contributed by atoms with Crippen molar-refractivity contribution in [2.45, 2.75) is 19.1 Å². The van der Waals surface area contributed by atoms with Crippen LogP contribution in [0.1, 0.15) is 11.1 Å². The predicted octanol–water partition coefficient (Wildman–Crippen LogP) is 1.87. The molecule has 0 atom stereocenters. The highest BCUT2D eigenvalue weighted by Gasteiger charge is 2.21. The molecule has 0 aliphatic carbocycles. The summed E-state index contributed by atoms with van der Waals surface area (Å²) in [4.78, 5) is 0. The van der Waals surface area contributed by atoms with E-state index >= 15 is 0 Å². The summed E-state index contributed by atoms with van der Waals surface area (Å²) in [6.07, 6.45) is 1.38. The maximum Gasteiger partial charge on any atom is 0.128 e. The minimum atomic E-state index is 0.371. The molecule has 0 radical (unpaired) electrons. The number of benzene rings is 1. The van der Waals surface area contributed by atoms with Gasteiger partial charge in [-0.15, -0.1) is 0 Å². The topological polar surface area (TPSA) is 30.5 Å². The van der Waals surface area contributed by atoms with Crippen LogP contribution in [0, 0.1) is 0 Å². The average Bonchev–Trinajstić information content (AvgIpc) is 2.62. The second-order valence-electron chi connectivity index (χ2n) is 4.24. The molecule has 1 saturated heterocycles. The van der Waals surface area contributed by atoms with Gasteiger partial charge in [0, 0.05) is 29.5 Å². The average molecular weight is 284 g/mol. The van der Waals surface area contributed by atoms with Crippen LogP contribution in [0.4, 0.5) is 0 Å². The Hall–Kier alpha value is -0.580. The Morgan fingerprint density at radius 1 is 1.44 bits per heavy atom. The maximum absolute atomic E-state index is 5.78. The highest BCUT2D eigenvalue weighted by molar-refractivity contribution is 9.10. The first kappa shape index (κ1) is 10.6. The molecular weight excluding hydrogens is 270 g/mol. The van der Waals surface area contributed by atoms with Crippen molar-refractivity contribution in [3.8, 4) is 5.75 Å². The quantitative estimate of drug-likeness (QED) is 0.919. The highest BCUT2D eigenvalue weighted by atomic mass is 79.9. The molecule has 0 saturated carbocycles. The summed E-state index contributed by atoms with van der Waals surface area (Å²) in [5.41, 5.74) is 2.45. The lowest BCUT2D eigenvalue weighted by Crippen LogP contribution is -2.48. The van der Waals surface area contributed by atoms with Gasteiger partial charge in [-0.05, 0) is 17.7 Å². The first-order valence-corrected chi connectivity index (χ1v) is 6.38. The van der Waals surface area contributed by atoms with Gasteiger partial charge in [0.1, 0.15) is 5.75 Å². The van der Waals surface area contributed by atoms with Crippen molar-refractivity contribution in [1.29, 1.82) is 0 Å². The number of ether oxygens (including phenoxy) is 2. The molecule has 2 aliphatic heterocycles. The summed E-state index contributed by atoms with van der Waals surface area (Å²) >= 11 is 3.53. The lowest BCUT2D eigenvalue weighted by Gasteiger charge is -2.27. The van der Waals surface area contributed by atoms with Gasteiger partial charge in [0.25, 0.3) is 0 Å². The van der Waals surface area contributed by atoms with E-state index in [1.807, 2.05) is 0 Å². The van der Waals surface area contributed by atoms with Gasteiger partial charge in [0.15, 0.2) is 0 Å². The molecule has 0 spiro atoms. The number of fused-ring (bicyclic) bond motifs is 1. The Labute approximate surface area is 103 Å². The van der Waals surface area contributed by atoms with E-state index in [0.717, 1.165) is 41.9 Å². The highest BCUT2D eigenvalue weighted by Crippen LogP contribution is 2.33. The third-order valence-corrected chi connectivity index (χ3v) is 3.50. The summed E-state index contributed by atoms with van der Waals surface area (Å²) in [6.45, 7) is 3.38. The summed E-state index contributed by atoms with van der Waals surface area (Å²) in [5.74, 6) is 1.04. The molecule has 1 fully saturated rings. The lowest BCUT2D eigenvalue weighted by atomic mass is 10.1. The van der Waals surface area contributed by atoms with Crippen molar-refractivity contribution < 1.29 is 9.47 Å². The van der Waals surface area contributed by atoms with Crippen molar-refractivity contribution in [3.05, 3.63) is 27.7 Å². The number of halogens is 1. The molecule has 3 rings (SSSR count). The van der Waals surface area contributed by atoms with E-state index in [4.69, 9.17) is 9.47 Å². The lowest BCUT2D eigenvalue weighted by molar-refractivity contribution is 0.00679. The monoisotopic (exact) mass is 283 g/mol. The third kappa shape index (κ3) is 1.97. The third-order valence-electron chi connectivity index (χ3n) is 3.04. The first-order chi connectivity index (χ1) is 7.83. The molecule has 1 aromatic rings. The number of hydrogen-bond donors (Lipinski definition) is 1. The minimum absolute atomic E-state index is 0.371. The van der Waals surface area contributed by atoms with Gasteiger partial charge in [-0.3, -0.25) is 0 Å². The van der Waals surface area contributed by atoms with Gasteiger partial charge in [0.2, 0.25) is 0 Å². The number of nitrogens with one attached hydrogen (secondary N) is 1. The molecule has 0 unspecified atom stereocenters. The van der Waals surface area contributed by atoms with E-state index in [0.29, 0.717) is 12.7 Å². The van der Waals surface area contributed by atoms with Crippen LogP contribution in [-0.2, 0) is 17.8 Å². The van der Waals surface area contributed by atoms with E-state index in [2.05, 4.69) is 33.4 Å². The maximum atomic E-state index is 5.78. The van der Waals surface area contributed by atoms with Gasteiger partial charge in [-0.25, -0.2) is 0 Å². The molecule has 0 bridgehead atoms. The molecule has 16 heavy (non-hydrogen) atoms. The zero-order valence-electron chi connectivity index (χ0n) is 8.96. The molecule has 4 heteroatoms. The van der Waals surface area contributed by atoms with Crippen LogP contribution in [0.5, 0.6) is 5.75 Å². The molecule has 1 aromatic carbocycles. The van der Waals surface area contributed by atoms with Gasteiger partial charge in [-0.2, -0.15) is 0 Å². The Morgan fingerprint density at radius 2 is 2.31 bits per heavy atom. The Balaban J connectivity index is 1.77. The molecule has 0 aromatic heterocycles. The molecule has 2 aliphatic rings. The SMILES string of the molecule is Brc1cc2c(c(COC3CNC3)c1)OCC2.